The standard InChI is InChI=1S/C11H14FNO2/c1-7(2)14-9-5-11(12)13-6-10(9)15-8-3-4-8/h5-8H,3-4H2,1-2H3. The van der Waals surface area contributed by atoms with Gasteiger partial charge in [0.2, 0.25) is 5.95 Å². The van der Waals surface area contributed by atoms with Gasteiger partial charge >= 0.3 is 0 Å². The number of rotatable bonds is 4. The second-order valence-corrected chi connectivity index (χ2v) is 3.94. The Balaban J connectivity index is 2.17. The average Bonchev–Trinajstić information content (AvgIpc) is 2.92. The van der Waals surface area contributed by atoms with Gasteiger partial charge in [0.25, 0.3) is 0 Å². The van der Waals surface area contributed by atoms with E-state index in [1.807, 2.05) is 13.8 Å². The molecule has 15 heavy (non-hydrogen) atoms. The van der Waals surface area contributed by atoms with Gasteiger partial charge in [-0.1, -0.05) is 0 Å². The Bertz CT molecular complexity index is 350. The third-order valence-electron chi connectivity index (χ3n) is 1.98. The summed E-state index contributed by atoms with van der Waals surface area (Å²) < 4.78 is 23.9. The molecule has 1 aromatic heterocycles. The Kier molecular flexibility index (Phi) is 2.75. The summed E-state index contributed by atoms with van der Waals surface area (Å²) in [5.41, 5.74) is 0. The van der Waals surface area contributed by atoms with E-state index in [1.54, 1.807) is 0 Å². The molecule has 3 nitrogen and oxygen atoms in total. The van der Waals surface area contributed by atoms with Gasteiger partial charge in [0, 0.05) is 6.07 Å². The van der Waals surface area contributed by atoms with Crippen molar-refractivity contribution in [2.24, 2.45) is 0 Å². The maximum atomic E-state index is 12.9. The van der Waals surface area contributed by atoms with Crippen LogP contribution < -0.4 is 9.47 Å². The van der Waals surface area contributed by atoms with Gasteiger partial charge < -0.3 is 9.47 Å². The second-order valence-electron chi connectivity index (χ2n) is 3.94. The minimum Gasteiger partial charge on any atom is -0.487 e. The molecule has 0 spiro atoms. The molecule has 4 heteroatoms. The average molecular weight is 211 g/mol. The third kappa shape index (κ3) is 2.81. The van der Waals surface area contributed by atoms with E-state index < -0.39 is 5.95 Å². The highest BCUT2D eigenvalue weighted by atomic mass is 19.1. The fraction of sp³-hybridized carbons (Fsp3) is 0.545. The smallest absolute Gasteiger partial charge is 0.216 e. The third-order valence-corrected chi connectivity index (χ3v) is 1.98. The molecule has 0 aromatic carbocycles. The van der Waals surface area contributed by atoms with Gasteiger partial charge in [-0.05, 0) is 26.7 Å². The Morgan fingerprint density at radius 3 is 2.73 bits per heavy atom. The first-order valence-electron chi connectivity index (χ1n) is 5.14. The van der Waals surface area contributed by atoms with E-state index in [1.165, 1.54) is 12.3 Å². The van der Waals surface area contributed by atoms with Crippen LogP contribution in [0.25, 0.3) is 0 Å². The molecule has 0 unspecified atom stereocenters. The molecular formula is C11H14FNO2. The topological polar surface area (TPSA) is 31.4 Å². The van der Waals surface area contributed by atoms with Crippen LogP contribution in [0.15, 0.2) is 12.3 Å². The minimum atomic E-state index is -0.547. The molecule has 0 saturated heterocycles. The lowest BCUT2D eigenvalue weighted by molar-refractivity contribution is 0.215. The molecular weight excluding hydrogens is 197 g/mol. The number of pyridine rings is 1. The van der Waals surface area contributed by atoms with Crippen molar-refractivity contribution < 1.29 is 13.9 Å². The van der Waals surface area contributed by atoms with E-state index in [9.17, 15) is 4.39 Å². The highest BCUT2D eigenvalue weighted by Crippen LogP contribution is 2.33. The van der Waals surface area contributed by atoms with Crippen LogP contribution in [0.5, 0.6) is 11.5 Å². The number of hydrogen-bond acceptors (Lipinski definition) is 3. The summed E-state index contributed by atoms with van der Waals surface area (Å²) in [5, 5.41) is 0. The van der Waals surface area contributed by atoms with Crippen molar-refractivity contribution in [1.82, 2.24) is 4.98 Å². The molecule has 0 aliphatic heterocycles. The lowest BCUT2D eigenvalue weighted by Crippen LogP contribution is -2.08. The van der Waals surface area contributed by atoms with Crippen molar-refractivity contribution in [1.29, 1.82) is 0 Å². The first kappa shape index (κ1) is 10.2. The molecule has 0 bridgehead atoms. The fourth-order valence-electron chi connectivity index (χ4n) is 1.20. The van der Waals surface area contributed by atoms with Crippen molar-refractivity contribution in [2.45, 2.75) is 38.9 Å². The summed E-state index contributed by atoms with van der Waals surface area (Å²) in [7, 11) is 0. The molecule has 82 valence electrons. The van der Waals surface area contributed by atoms with E-state index in [4.69, 9.17) is 9.47 Å². The summed E-state index contributed by atoms with van der Waals surface area (Å²) in [6.45, 7) is 3.78. The monoisotopic (exact) mass is 211 g/mol. The zero-order valence-electron chi connectivity index (χ0n) is 8.87. The minimum absolute atomic E-state index is 0.00615. The van der Waals surface area contributed by atoms with E-state index in [-0.39, 0.29) is 12.2 Å². The maximum absolute atomic E-state index is 12.9. The lowest BCUT2D eigenvalue weighted by atomic mass is 10.4. The first-order valence-corrected chi connectivity index (χ1v) is 5.14. The summed E-state index contributed by atoms with van der Waals surface area (Å²) in [4.78, 5) is 3.56. The van der Waals surface area contributed by atoms with Crippen LogP contribution in [0.1, 0.15) is 26.7 Å². The number of halogens is 1. The van der Waals surface area contributed by atoms with Crippen LogP contribution >= 0.6 is 0 Å². The molecule has 0 radical (unpaired) electrons. The van der Waals surface area contributed by atoms with Crippen molar-refractivity contribution >= 4 is 0 Å². The Morgan fingerprint density at radius 1 is 1.40 bits per heavy atom. The summed E-state index contributed by atoms with van der Waals surface area (Å²) in [6.07, 6.45) is 3.74. The van der Waals surface area contributed by atoms with E-state index in [0.29, 0.717) is 11.5 Å². The molecule has 1 saturated carbocycles. The fourth-order valence-corrected chi connectivity index (χ4v) is 1.20. The molecule has 2 rings (SSSR count). The molecule has 1 aliphatic rings. The number of ether oxygens (including phenoxy) is 2. The van der Waals surface area contributed by atoms with Gasteiger partial charge in [0.15, 0.2) is 11.5 Å². The Labute approximate surface area is 88.2 Å². The van der Waals surface area contributed by atoms with Crippen LogP contribution in [0, 0.1) is 5.95 Å². The summed E-state index contributed by atoms with van der Waals surface area (Å²) in [6, 6.07) is 1.26. The number of hydrogen-bond donors (Lipinski definition) is 0. The summed E-state index contributed by atoms with van der Waals surface area (Å²) >= 11 is 0. The van der Waals surface area contributed by atoms with Gasteiger partial charge in [0.05, 0.1) is 18.4 Å². The SMILES string of the molecule is CC(C)Oc1cc(F)ncc1OC1CC1. The van der Waals surface area contributed by atoms with Crippen molar-refractivity contribution in [3.8, 4) is 11.5 Å². The zero-order chi connectivity index (χ0) is 10.8. The van der Waals surface area contributed by atoms with Gasteiger partial charge in [0.1, 0.15) is 0 Å². The van der Waals surface area contributed by atoms with Crippen molar-refractivity contribution in [3.05, 3.63) is 18.2 Å². The normalized spacial score (nSPS) is 15.5. The first-order chi connectivity index (χ1) is 7.15. The van der Waals surface area contributed by atoms with E-state index in [0.717, 1.165) is 12.8 Å². The molecule has 0 amide bonds. The largest absolute Gasteiger partial charge is 0.487 e. The van der Waals surface area contributed by atoms with Crippen LogP contribution in [0.4, 0.5) is 4.39 Å². The van der Waals surface area contributed by atoms with Gasteiger partial charge in [-0.25, -0.2) is 4.98 Å². The Hall–Kier alpha value is -1.32. The summed E-state index contributed by atoms with van der Waals surface area (Å²) in [5.74, 6) is 0.422. The molecule has 1 aliphatic carbocycles. The molecule has 1 fully saturated rings. The Morgan fingerprint density at radius 2 is 2.13 bits per heavy atom. The van der Waals surface area contributed by atoms with Gasteiger partial charge in [-0.2, -0.15) is 4.39 Å². The quantitative estimate of drug-likeness (QED) is 0.717. The maximum Gasteiger partial charge on any atom is 0.216 e. The highest BCUT2D eigenvalue weighted by molar-refractivity contribution is 5.37. The number of aromatic nitrogens is 1. The van der Waals surface area contributed by atoms with E-state index in [2.05, 4.69) is 4.98 Å². The van der Waals surface area contributed by atoms with Crippen molar-refractivity contribution in [2.75, 3.05) is 0 Å². The van der Waals surface area contributed by atoms with Gasteiger partial charge in [-0.15, -0.1) is 0 Å². The van der Waals surface area contributed by atoms with Gasteiger partial charge in [-0.3, -0.25) is 0 Å². The lowest BCUT2D eigenvalue weighted by Gasteiger charge is -2.14. The second kappa shape index (κ2) is 4.04. The molecule has 1 heterocycles. The van der Waals surface area contributed by atoms with Crippen molar-refractivity contribution in [3.63, 3.8) is 0 Å². The van der Waals surface area contributed by atoms with E-state index >= 15 is 0 Å². The zero-order valence-corrected chi connectivity index (χ0v) is 8.87. The predicted molar refractivity (Wildman–Crippen MR) is 53.6 cm³/mol. The van der Waals surface area contributed by atoms with Crippen LogP contribution in [-0.2, 0) is 0 Å². The highest BCUT2D eigenvalue weighted by Gasteiger charge is 2.25. The molecule has 0 N–H and O–H groups in total. The van der Waals surface area contributed by atoms with Crippen LogP contribution in [0.2, 0.25) is 0 Å². The molecule has 0 atom stereocenters. The van der Waals surface area contributed by atoms with Crippen LogP contribution in [-0.4, -0.2) is 17.2 Å². The molecule has 1 aromatic rings. The predicted octanol–water partition coefficient (Wildman–Crippen LogP) is 2.55. The van der Waals surface area contributed by atoms with Crippen LogP contribution in [0.3, 0.4) is 0 Å². The number of nitrogens with zero attached hydrogens (tertiary/aromatic N) is 1.